The van der Waals surface area contributed by atoms with Gasteiger partial charge in [0.25, 0.3) is 0 Å². The number of aliphatic carboxylic acids is 1. The number of hydrogen-bond donors (Lipinski definition) is 1. The fourth-order valence-electron chi connectivity index (χ4n) is 1.99. The zero-order valence-corrected chi connectivity index (χ0v) is 11.8. The summed E-state index contributed by atoms with van der Waals surface area (Å²) in [5, 5.41) is 9.26. The van der Waals surface area contributed by atoms with E-state index in [0.717, 1.165) is 12.8 Å². The molecule has 17 heavy (non-hydrogen) atoms. The van der Waals surface area contributed by atoms with E-state index >= 15 is 0 Å². The van der Waals surface area contributed by atoms with Crippen molar-refractivity contribution >= 4 is 5.97 Å². The topological polar surface area (TPSA) is 46.5 Å². The van der Waals surface area contributed by atoms with Gasteiger partial charge in [-0.05, 0) is 25.2 Å². The van der Waals surface area contributed by atoms with Gasteiger partial charge >= 0.3 is 5.97 Å². The maximum Gasteiger partial charge on any atom is 0.335 e. The number of carboxylic acids is 1. The fraction of sp³-hybridized carbons (Fsp3) is 0.929. The van der Waals surface area contributed by atoms with Crippen LogP contribution in [0.5, 0.6) is 0 Å². The quantitative estimate of drug-likeness (QED) is 0.634. The second-order valence-electron chi connectivity index (χ2n) is 4.73. The Hall–Kier alpha value is -0.570. The highest BCUT2D eigenvalue weighted by Gasteiger charge is 2.36. The van der Waals surface area contributed by atoms with Crippen LogP contribution in [0.15, 0.2) is 0 Å². The number of carboxylic acid groups (broad SMARTS) is 1. The lowest BCUT2D eigenvalue weighted by Gasteiger charge is -2.29. The fourth-order valence-corrected chi connectivity index (χ4v) is 1.99. The molecule has 0 rings (SSSR count). The van der Waals surface area contributed by atoms with E-state index in [-0.39, 0.29) is 0 Å². The van der Waals surface area contributed by atoms with Gasteiger partial charge in [0.05, 0.1) is 6.61 Å². The molecule has 0 fully saturated rings. The van der Waals surface area contributed by atoms with Gasteiger partial charge in [-0.15, -0.1) is 0 Å². The number of rotatable bonds is 10. The predicted molar refractivity (Wildman–Crippen MR) is 70.2 cm³/mol. The molecular formula is C14H28O3. The number of ether oxygens (including phenoxy) is 1. The molecule has 3 heteroatoms. The largest absolute Gasteiger partial charge is 0.479 e. The van der Waals surface area contributed by atoms with Crippen LogP contribution in [0.4, 0.5) is 0 Å². The number of carbonyl (C=O) groups is 1. The van der Waals surface area contributed by atoms with Gasteiger partial charge in [0.1, 0.15) is 0 Å². The van der Waals surface area contributed by atoms with Crippen LogP contribution in [0.3, 0.4) is 0 Å². The lowest BCUT2D eigenvalue weighted by molar-refractivity contribution is -0.169. The molecule has 0 aromatic carbocycles. The molecule has 0 heterocycles. The Morgan fingerprint density at radius 1 is 1.24 bits per heavy atom. The molecule has 0 bridgehead atoms. The minimum atomic E-state index is -0.973. The van der Waals surface area contributed by atoms with Crippen molar-refractivity contribution in [2.75, 3.05) is 6.61 Å². The average Bonchev–Trinajstić information content (AvgIpc) is 2.34. The molecule has 0 saturated heterocycles. The minimum absolute atomic E-state index is 0.492. The molecule has 0 radical (unpaired) electrons. The summed E-state index contributed by atoms with van der Waals surface area (Å²) in [7, 11) is 0. The van der Waals surface area contributed by atoms with Crippen molar-refractivity contribution in [2.45, 2.75) is 71.8 Å². The molecular weight excluding hydrogens is 216 g/mol. The first-order valence-corrected chi connectivity index (χ1v) is 6.93. The Labute approximate surface area is 106 Å². The molecule has 0 aliphatic rings. The molecule has 1 atom stereocenters. The van der Waals surface area contributed by atoms with Crippen LogP contribution in [-0.4, -0.2) is 23.3 Å². The average molecular weight is 244 g/mol. The lowest BCUT2D eigenvalue weighted by atomic mass is 9.96. The van der Waals surface area contributed by atoms with Crippen LogP contribution in [0.1, 0.15) is 66.2 Å². The van der Waals surface area contributed by atoms with Crippen molar-refractivity contribution < 1.29 is 14.6 Å². The summed E-state index contributed by atoms with van der Waals surface area (Å²) in [6.45, 7) is 8.65. The highest BCUT2D eigenvalue weighted by atomic mass is 16.5. The summed E-state index contributed by atoms with van der Waals surface area (Å²) in [5.41, 5.74) is -0.973. The van der Waals surface area contributed by atoms with Crippen LogP contribution in [-0.2, 0) is 9.53 Å². The van der Waals surface area contributed by atoms with Crippen molar-refractivity contribution in [3.05, 3.63) is 0 Å². The summed E-state index contributed by atoms with van der Waals surface area (Å²) in [4.78, 5) is 11.3. The highest BCUT2D eigenvalue weighted by molar-refractivity contribution is 5.77. The van der Waals surface area contributed by atoms with Crippen molar-refractivity contribution in [1.29, 1.82) is 0 Å². The van der Waals surface area contributed by atoms with Gasteiger partial charge < -0.3 is 9.84 Å². The zero-order valence-electron chi connectivity index (χ0n) is 11.8. The Morgan fingerprint density at radius 3 is 2.18 bits per heavy atom. The van der Waals surface area contributed by atoms with Gasteiger partial charge in [0.15, 0.2) is 5.60 Å². The summed E-state index contributed by atoms with van der Waals surface area (Å²) >= 11 is 0. The standard InChI is InChI=1S/C14H28O3/c1-5-9-10-12(6-2)11-17-14(7-3,8-4)13(15)16/h12H,5-11H2,1-4H3,(H,15,16). The van der Waals surface area contributed by atoms with E-state index in [1.54, 1.807) is 0 Å². The van der Waals surface area contributed by atoms with E-state index in [9.17, 15) is 9.90 Å². The van der Waals surface area contributed by atoms with Gasteiger partial charge in [-0.1, -0.05) is 47.0 Å². The first kappa shape index (κ1) is 16.4. The summed E-state index contributed by atoms with van der Waals surface area (Å²) < 4.78 is 5.74. The van der Waals surface area contributed by atoms with Crippen LogP contribution in [0.2, 0.25) is 0 Å². The molecule has 1 N–H and O–H groups in total. The highest BCUT2D eigenvalue weighted by Crippen LogP contribution is 2.24. The van der Waals surface area contributed by atoms with E-state index in [0.29, 0.717) is 25.4 Å². The molecule has 1 unspecified atom stereocenters. The summed E-state index contributed by atoms with van der Waals surface area (Å²) in [5.74, 6) is -0.334. The Morgan fingerprint density at radius 2 is 1.82 bits per heavy atom. The van der Waals surface area contributed by atoms with Crippen molar-refractivity contribution in [3.63, 3.8) is 0 Å². The Balaban J connectivity index is 4.32. The van der Waals surface area contributed by atoms with Crippen molar-refractivity contribution in [1.82, 2.24) is 0 Å². The summed E-state index contributed by atoms with van der Waals surface area (Å²) in [6.07, 6.45) is 5.63. The molecule has 0 aromatic rings. The van der Waals surface area contributed by atoms with Crippen molar-refractivity contribution in [2.24, 2.45) is 5.92 Å². The van der Waals surface area contributed by atoms with Crippen molar-refractivity contribution in [3.8, 4) is 0 Å². The maximum absolute atomic E-state index is 11.3. The molecule has 0 aliphatic carbocycles. The van der Waals surface area contributed by atoms with Gasteiger partial charge in [-0.25, -0.2) is 4.79 Å². The molecule has 0 saturated carbocycles. The summed E-state index contributed by atoms with van der Waals surface area (Å²) in [6, 6.07) is 0. The van der Waals surface area contributed by atoms with Crippen LogP contribution in [0.25, 0.3) is 0 Å². The zero-order chi connectivity index (χ0) is 13.3. The first-order chi connectivity index (χ1) is 8.06. The molecule has 0 aromatic heterocycles. The van der Waals surface area contributed by atoms with E-state index in [1.807, 2.05) is 13.8 Å². The molecule has 0 aliphatic heterocycles. The van der Waals surface area contributed by atoms with E-state index in [2.05, 4.69) is 13.8 Å². The van der Waals surface area contributed by atoms with Gasteiger partial charge in [0.2, 0.25) is 0 Å². The smallest absolute Gasteiger partial charge is 0.335 e. The monoisotopic (exact) mass is 244 g/mol. The lowest BCUT2D eigenvalue weighted by Crippen LogP contribution is -2.41. The normalized spacial score (nSPS) is 13.6. The SMILES string of the molecule is CCCCC(CC)COC(CC)(CC)C(=O)O. The Bertz CT molecular complexity index is 210. The van der Waals surface area contributed by atoms with Crippen LogP contribution >= 0.6 is 0 Å². The van der Waals surface area contributed by atoms with Gasteiger partial charge in [-0.2, -0.15) is 0 Å². The minimum Gasteiger partial charge on any atom is -0.479 e. The van der Waals surface area contributed by atoms with Gasteiger partial charge in [0, 0.05) is 0 Å². The molecule has 102 valence electrons. The van der Waals surface area contributed by atoms with E-state index in [4.69, 9.17) is 4.74 Å². The first-order valence-electron chi connectivity index (χ1n) is 6.93. The van der Waals surface area contributed by atoms with Gasteiger partial charge in [-0.3, -0.25) is 0 Å². The second-order valence-corrected chi connectivity index (χ2v) is 4.73. The third kappa shape index (κ3) is 5.07. The second kappa shape index (κ2) is 8.51. The number of unbranched alkanes of at least 4 members (excludes halogenated alkanes) is 1. The molecule has 0 amide bonds. The van der Waals surface area contributed by atoms with Crippen LogP contribution in [0, 0.1) is 5.92 Å². The third-order valence-corrected chi connectivity index (χ3v) is 3.67. The maximum atomic E-state index is 11.3. The van der Waals surface area contributed by atoms with E-state index < -0.39 is 11.6 Å². The third-order valence-electron chi connectivity index (χ3n) is 3.67. The Kier molecular flexibility index (Phi) is 8.23. The van der Waals surface area contributed by atoms with Crippen LogP contribution < -0.4 is 0 Å². The van der Waals surface area contributed by atoms with E-state index in [1.165, 1.54) is 12.8 Å². The molecule has 3 nitrogen and oxygen atoms in total. The number of hydrogen-bond acceptors (Lipinski definition) is 2. The predicted octanol–water partition coefficient (Wildman–Crippen LogP) is 3.86. The molecule has 0 spiro atoms.